The third-order valence-corrected chi connectivity index (χ3v) is 3.52. The number of carbonyl (C=O) groups excluding carboxylic acids is 1. The van der Waals surface area contributed by atoms with Crippen LogP contribution in [0.5, 0.6) is 5.75 Å². The molecule has 0 aromatic heterocycles. The Hall–Kier alpha value is -1.14. The molecule has 4 nitrogen and oxygen atoms in total. The maximum atomic E-state index is 13.5. The van der Waals surface area contributed by atoms with Crippen LogP contribution in [0.3, 0.4) is 0 Å². The van der Waals surface area contributed by atoms with E-state index in [0.717, 1.165) is 6.42 Å². The predicted octanol–water partition coefficient (Wildman–Crippen LogP) is 2.88. The smallest absolute Gasteiger partial charge is 0.257 e. The molecule has 0 fully saturated rings. The van der Waals surface area contributed by atoms with Crippen LogP contribution in [-0.2, 0) is 4.79 Å². The van der Waals surface area contributed by atoms with Crippen LogP contribution in [0.1, 0.15) is 26.7 Å². The van der Waals surface area contributed by atoms with Crippen LogP contribution >= 0.6 is 15.9 Å². The van der Waals surface area contributed by atoms with Gasteiger partial charge in [-0.25, -0.2) is 4.39 Å². The number of nitrogens with one attached hydrogen (secondary N) is 1. The second-order valence-corrected chi connectivity index (χ2v) is 6.55. The molecule has 1 rings (SSSR count). The first-order valence-electron chi connectivity index (χ1n) is 6.79. The molecule has 0 saturated carbocycles. The Morgan fingerprint density at radius 2 is 2.19 bits per heavy atom. The van der Waals surface area contributed by atoms with E-state index in [1.54, 1.807) is 6.07 Å². The largest absolute Gasteiger partial charge is 0.481 e. The summed E-state index contributed by atoms with van der Waals surface area (Å²) in [6.45, 7) is 4.42. The highest BCUT2D eigenvalue weighted by Crippen LogP contribution is 2.22. The lowest BCUT2D eigenvalue weighted by atomic mass is 9.88. The lowest BCUT2D eigenvalue weighted by molar-refractivity contribution is -0.123. The van der Waals surface area contributed by atoms with Gasteiger partial charge in [0.2, 0.25) is 0 Å². The van der Waals surface area contributed by atoms with Crippen LogP contribution in [0.4, 0.5) is 4.39 Å². The van der Waals surface area contributed by atoms with Crippen molar-refractivity contribution in [2.24, 2.45) is 5.41 Å². The Kier molecular flexibility index (Phi) is 7.11. The topological polar surface area (TPSA) is 58.6 Å². The molecule has 0 atom stereocenters. The van der Waals surface area contributed by atoms with Crippen molar-refractivity contribution in [3.05, 3.63) is 28.5 Å². The molecular formula is C15H21BrFNO3. The molecule has 0 aliphatic rings. The van der Waals surface area contributed by atoms with Crippen molar-refractivity contribution in [3.63, 3.8) is 0 Å². The van der Waals surface area contributed by atoms with Crippen molar-refractivity contribution in [1.29, 1.82) is 0 Å². The van der Waals surface area contributed by atoms with Crippen LogP contribution < -0.4 is 10.1 Å². The average molecular weight is 362 g/mol. The number of hydrogen-bond acceptors (Lipinski definition) is 3. The molecule has 0 heterocycles. The normalized spacial score (nSPS) is 11.3. The third-order valence-electron chi connectivity index (χ3n) is 3.03. The number of carbonyl (C=O) groups is 1. The fraction of sp³-hybridized carbons (Fsp3) is 0.533. The summed E-state index contributed by atoms with van der Waals surface area (Å²) in [6, 6.07) is 4.40. The first-order valence-corrected chi connectivity index (χ1v) is 7.59. The fourth-order valence-corrected chi connectivity index (χ4v) is 2.10. The Labute approximate surface area is 132 Å². The van der Waals surface area contributed by atoms with Crippen LogP contribution in [-0.4, -0.2) is 30.8 Å². The Morgan fingerprint density at radius 3 is 2.81 bits per heavy atom. The molecule has 0 radical (unpaired) electrons. The minimum Gasteiger partial charge on any atom is -0.481 e. The molecular weight excluding hydrogens is 341 g/mol. The second-order valence-electron chi connectivity index (χ2n) is 5.63. The first-order chi connectivity index (χ1) is 9.84. The van der Waals surface area contributed by atoms with Crippen molar-refractivity contribution in [1.82, 2.24) is 5.32 Å². The van der Waals surface area contributed by atoms with E-state index in [-0.39, 0.29) is 30.3 Å². The lowest BCUT2D eigenvalue weighted by Crippen LogP contribution is -2.36. The Balaban J connectivity index is 2.37. The van der Waals surface area contributed by atoms with Crippen LogP contribution in [0, 0.1) is 11.2 Å². The molecule has 21 heavy (non-hydrogen) atoms. The SMILES string of the molecule is CC(C)(CCCO)CNC(=O)COc1ccc(Br)cc1F. The Morgan fingerprint density at radius 1 is 1.48 bits per heavy atom. The number of halogens is 2. The Bertz CT molecular complexity index is 480. The molecule has 1 amide bonds. The maximum Gasteiger partial charge on any atom is 0.257 e. The molecule has 2 N–H and O–H groups in total. The molecule has 0 aliphatic heterocycles. The number of aliphatic hydroxyl groups excluding tert-OH is 1. The summed E-state index contributed by atoms with van der Waals surface area (Å²) >= 11 is 3.15. The van der Waals surface area contributed by atoms with Gasteiger partial charge in [-0.05, 0) is 36.5 Å². The van der Waals surface area contributed by atoms with Gasteiger partial charge in [0.1, 0.15) is 0 Å². The van der Waals surface area contributed by atoms with Gasteiger partial charge in [-0.3, -0.25) is 4.79 Å². The molecule has 118 valence electrons. The van der Waals surface area contributed by atoms with Crippen molar-refractivity contribution in [2.75, 3.05) is 19.8 Å². The summed E-state index contributed by atoms with van der Waals surface area (Å²) in [5, 5.41) is 11.6. The number of hydrogen-bond donors (Lipinski definition) is 2. The van der Waals surface area contributed by atoms with Gasteiger partial charge in [0.25, 0.3) is 5.91 Å². The van der Waals surface area contributed by atoms with Crippen LogP contribution in [0.25, 0.3) is 0 Å². The van der Waals surface area contributed by atoms with Gasteiger partial charge in [-0.2, -0.15) is 0 Å². The van der Waals surface area contributed by atoms with Gasteiger partial charge < -0.3 is 15.2 Å². The van der Waals surface area contributed by atoms with Crippen molar-refractivity contribution in [3.8, 4) is 5.75 Å². The van der Waals surface area contributed by atoms with Crippen molar-refractivity contribution >= 4 is 21.8 Å². The van der Waals surface area contributed by atoms with Gasteiger partial charge in [-0.1, -0.05) is 29.8 Å². The highest BCUT2D eigenvalue weighted by Gasteiger charge is 2.18. The second kappa shape index (κ2) is 8.34. The zero-order valence-electron chi connectivity index (χ0n) is 12.3. The van der Waals surface area contributed by atoms with Crippen LogP contribution in [0.2, 0.25) is 0 Å². The summed E-state index contributed by atoms with van der Waals surface area (Å²) in [5.41, 5.74) is -0.0960. The lowest BCUT2D eigenvalue weighted by Gasteiger charge is -2.24. The molecule has 1 aromatic rings. The minimum absolute atomic E-state index is 0.0490. The fourth-order valence-electron chi connectivity index (χ4n) is 1.77. The van der Waals surface area contributed by atoms with Crippen molar-refractivity contribution in [2.45, 2.75) is 26.7 Å². The van der Waals surface area contributed by atoms with Gasteiger partial charge in [0.05, 0.1) is 0 Å². The minimum atomic E-state index is -0.513. The van der Waals surface area contributed by atoms with Crippen molar-refractivity contribution < 1.29 is 19.0 Å². The standard InChI is InChI=1S/C15H21BrFNO3/c1-15(2,6-3-7-19)10-18-14(20)9-21-13-5-4-11(16)8-12(13)17/h4-5,8,19H,3,6-7,9-10H2,1-2H3,(H,18,20). The van der Waals surface area contributed by atoms with Crippen LogP contribution in [0.15, 0.2) is 22.7 Å². The molecule has 0 saturated heterocycles. The van der Waals surface area contributed by atoms with E-state index in [0.29, 0.717) is 17.4 Å². The average Bonchev–Trinajstić information content (AvgIpc) is 2.42. The van der Waals surface area contributed by atoms with E-state index < -0.39 is 5.82 Å². The molecule has 0 spiro atoms. The van der Waals surface area contributed by atoms with E-state index >= 15 is 0 Å². The van der Waals surface area contributed by atoms with Gasteiger partial charge in [-0.15, -0.1) is 0 Å². The summed E-state index contributed by atoms with van der Waals surface area (Å²) in [4.78, 5) is 11.7. The third kappa shape index (κ3) is 6.91. The summed E-state index contributed by atoms with van der Waals surface area (Å²) in [7, 11) is 0. The first kappa shape index (κ1) is 17.9. The summed E-state index contributed by atoms with van der Waals surface area (Å²) in [5.74, 6) is -0.761. The monoisotopic (exact) mass is 361 g/mol. The summed E-state index contributed by atoms with van der Waals surface area (Å²) < 4.78 is 19.3. The van der Waals surface area contributed by atoms with Gasteiger partial charge >= 0.3 is 0 Å². The van der Waals surface area contributed by atoms with E-state index in [1.807, 2.05) is 13.8 Å². The number of amides is 1. The molecule has 1 aromatic carbocycles. The molecule has 0 bridgehead atoms. The molecule has 0 unspecified atom stereocenters. The molecule has 6 heteroatoms. The number of ether oxygens (including phenoxy) is 1. The highest BCUT2D eigenvalue weighted by molar-refractivity contribution is 9.10. The number of rotatable bonds is 8. The van der Waals surface area contributed by atoms with E-state index in [9.17, 15) is 9.18 Å². The number of benzene rings is 1. The van der Waals surface area contributed by atoms with E-state index in [1.165, 1.54) is 12.1 Å². The maximum absolute atomic E-state index is 13.5. The van der Waals surface area contributed by atoms with Gasteiger partial charge in [0.15, 0.2) is 18.2 Å². The predicted molar refractivity (Wildman–Crippen MR) is 82.7 cm³/mol. The number of aliphatic hydroxyl groups is 1. The zero-order valence-corrected chi connectivity index (χ0v) is 13.9. The summed E-state index contributed by atoms with van der Waals surface area (Å²) in [6.07, 6.45) is 1.51. The zero-order chi connectivity index (χ0) is 15.9. The highest BCUT2D eigenvalue weighted by atomic mass is 79.9. The van der Waals surface area contributed by atoms with Gasteiger partial charge in [0, 0.05) is 17.6 Å². The molecule has 0 aliphatic carbocycles. The van der Waals surface area contributed by atoms with E-state index in [4.69, 9.17) is 9.84 Å². The van der Waals surface area contributed by atoms with E-state index in [2.05, 4.69) is 21.2 Å². The quantitative estimate of drug-likeness (QED) is 0.748.